The van der Waals surface area contributed by atoms with E-state index in [1.165, 1.54) is 0 Å². The van der Waals surface area contributed by atoms with Gasteiger partial charge in [0, 0.05) is 26.2 Å². The van der Waals surface area contributed by atoms with Gasteiger partial charge in [-0.05, 0) is 30.8 Å². The van der Waals surface area contributed by atoms with E-state index in [-0.39, 0.29) is 5.95 Å². The summed E-state index contributed by atoms with van der Waals surface area (Å²) in [5.74, 6) is 1.35. The highest BCUT2D eigenvalue weighted by Gasteiger charge is 2.17. The van der Waals surface area contributed by atoms with Crippen molar-refractivity contribution in [2.75, 3.05) is 43.9 Å². The summed E-state index contributed by atoms with van der Waals surface area (Å²) in [7, 11) is 2.10. The van der Waals surface area contributed by atoms with Gasteiger partial charge in [-0.1, -0.05) is 35.3 Å². The molecule has 0 bridgehead atoms. The molecular weight excluding hydrogens is 347 g/mol. The fraction of sp³-hybridized carbons (Fsp3) is 0.312. The fourth-order valence-electron chi connectivity index (χ4n) is 2.41. The molecular formula is C16H18Cl2N6. The first kappa shape index (κ1) is 17.0. The first-order valence-corrected chi connectivity index (χ1v) is 8.35. The SMILES string of the molecule is CN1CCN(c2nc(N)nc(/C=C/c3ccc(Cl)c(Cl)c3)n2)CC1. The normalized spacial score (nSPS) is 16.0. The van der Waals surface area contributed by atoms with E-state index in [1.807, 2.05) is 12.1 Å². The van der Waals surface area contributed by atoms with Crippen LogP contribution < -0.4 is 10.6 Å². The zero-order valence-corrected chi connectivity index (χ0v) is 14.8. The minimum Gasteiger partial charge on any atom is -0.368 e. The number of nitrogen functional groups attached to an aromatic ring is 1. The molecule has 0 spiro atoms. The van der Waals surface area contributed by atoms with Crippen molar-refractivity contribution in [1.82, 2.24) is 19.9 Å². The van der Waals surface area contributed by atoms with Crippen LogP contribution >= 0.6 is 23.2 Å². The summed E-state index contributed by atoms with van der Waals surface area (Å²) in [5.41, 5.74) is 6.74. The molecule has 1 aliphatic rings. The van der Waals surface area contributed by atoms with Gasteiger partial charge in [-0.2, -0.15) is 15.0 Å². The number of piperazine rings is 1. The quantitative estimate of drug-likeness (QED) is 0.902. The van der Waals surface area contributed by atoms with Crippen molar-refractivity contribution in [2.45, 2.75) is 0 Å². The molecule has 0 aliphatic carbocycles. The number of likely N-dealkylation sites (N-methyl/N-ethyl adjacent to an activating group) is 1. The number of rotatable bonds is 3. The Labute approximate surface area is 150 Å². The van der Waals surface area contributed by atoms with E-state index in [1.54, 1.807) is 18.2 Å². The minimum absolute atomic E-state index is 0.215. The molecule has 0 radical (unpaired) electrons. The highest BCUT2D eigenvalue weighted by Crippen LogP contribution is 2.23. The number of hydrogen-bond donors (Lipinski definition) is 1. The van der Waals surface area contributed by atoms with Gasteiger partial charge in [0.05, 0.1) is 10.0 Å². The van der Waals surface area contributed by atoms with Gasteiger partial charge in [0.25, 0.3) is 0 Å². The summed E-state index contributed by atoms with van der Waals surface area (Å²) >= 11 is 11.9. The molecule has 0 saturated carbocycles. The first-order valence-electron chi connectivity index (χ1n) is 7.59. The molecule has 1 aliphatic heterocycles. The van der Waals surface area contributed by atoms with Gasteiger partial charge < -0.3 is 15.5 Å². The average Bonchev–Trinajstić information content (AvgIpc) is 2.56. The Hall–Kier alpha value is -1.89. The summed E-state index contributed by atoms with van der Waals surface area (Å²) in [5, 5.41) is 1.03. The molecule has 126 valence electrons. The zero-order valence-electron chi connectivity index (χ0n) is 13.3. The molecule has 3 rings (SSSR count). The van der Waals surface area contributed by atoms with Crippen LogP contribution in [0.15, 0.2) is 18.2 Å². The summed E-state index contributed by atoms with van der Waals surface area (Å²) in [6.45, 7) is 3.69. The second-order valence-corrected chi connectivity index (χ2v) is 6.46. The standard InChI is InChI=1S/C16H18Cl2N6/c1-23-6-8-24(9-7-23)16-21-14(20-15(19)22-16)5-3-11-2-4-12(17)13(18)10-11/h2-5,10H,6-9H2,1H3,(H2,19,20,21,22)/b5-3+. The lowest BCUT2D eigenvalue weighted by molar-refractivity contribution is 0.311. The predicted octanol–water partition coefficient (Wildman–Crippen LogP) is 2.68. The van der Waals surface area contributed by atoms with Crippen LogP contribution in [0.3, 0.4) is 0 Å². The maximum atomic E-state index is 6.02. The predicted molar refractivity (Wildman–Crippen MR) is 99.3 cm³/mol. The van der Waals surface area contributed by atoms with Crippen LogP contribution in [0.1, 0.15) is 11.4 Å². The Bertz CT molecular complexity index is 756. The second-order valence-electron chi connectivity index (χ2n) is 5.65. The Kier molecular flexibility index (Phi) is 5.18. The molecule has 1 aromatic carbocycles. The van der Waals surface area contributed by atoms with E-state index in [0.29, 0.717) is 21.8 Å². The van der Waals surface area contributed by atoms with Crippen molar-refractivity contribution in [2.24, 2.45) is 0 Å². The molecule has 8 heteroatoms. The average molecular weight is 365 g/mol. The molecule has 2 heterocycles. The van der Waals surface area contributed by atoms with Crippen molar-refractivity contribution in [3.63, 3.8) is 0 Å². The van der Waals surface area contributed by atoms with Crippen molar-refractivity contribution in [3.8, 4) is 0 Å². The summed E-state index contributed by atoms with van der Waals surface area (Å²) in [6.07, 6.45) is 3.65. The number of benzene rings is 1. The van der Waals surface area contributed by atoms with Gasteiger partial charge in [0.2, 0.25) is 11.9 Å². The lowest BCUT2D eigenvalue weighted by Gasteiger charge is -2.32. The number of nitrogens with two attached hydrogens (primary N) is 1. The largest absolute Gasteiger partial charge is 0.368 e. The van der Waals surface area contributed by atoms with E-state index in [0.717, 1.165) is 31.7 Å². The van der Waals surface area contributed by atoms with Gasteiger partial charge in [0.15, 0.2) is 5.82 Å². The number of aromatic nitrogens is 3. The summed E-state index contributed by atoms with van der Waals surface area (Å²) < 4.78 is 0. The molecule has 2 aromatic rings. The Morgan fingerprint density at radius 1 is 1.00 bits per heavy atom. The lowest BCUT2D eigenvalue weighted by atomic mass is 10.2. The minimum atomic E-state index is 0.215. The van der Waals surface area contributed by atoms with Crippen molar-refractivity contribution in [3.05, 3.63) is 39.6 Å². The van der Waals surface area contributed by atoms with E-state index < -0.39 is 0 Å². The smallest absolute Gasteiger partial charge is 0.230 e. The van der Waals surface area contributed by atoms with Gasteiger partial charge in [-0.25, -0.2) is 0 Å². The van der Waals surface area contributed by atoms with Crippen LogP contribution in [0, 0.1) is 0 Å². The fourth-order valence-corrected chi connectivity index (χ4v) is 2.71. The van der Waals surface area contributed by atoms with Gasteiger partial charge in [-0.3, -0.25) is 0 Å². The molecule has 1 aromatic heterocycles. The Morgan fingerprint density at radius 2 is 1.75 bits per heavy atom. The van der Waals surface area contributed by atoms with Crippen LogP contribution in [0.4, 0.5) is 11.9 Å². The van der Waals surface area contributed by atoms with Crippen LogP contribution in [0.5, 0.6) is 0 Å². The van der Waals surface area contributed by atoms with E-state index in [4.69, 9.17) is 28.9 Å². The number of halogens is 2. The van der Waals surface area contributed by atoms with E-state index in [2.05, 4.69) is 31.8 Å². The van der Waals surface area contributed by atoms with Gasteiger partial charge >= 0.3 is 0 Å². The molecule has 24 heavy (non-hydrogen) atoms. The van der Waals surface area contributed by atoms with Crippen molar-refractivity contribution in [1.29, 1.82) is 0 Å². The highest BCUT2D eigenvalue weighted by molar-refractivity contribution is 6.42. The van der Waals surface area contributed by atoms with Crippen LogP contribution in [-0.2, 0) is 0 Å². The third kappa shape index (κ3) is 4.14. The van der Waals surface area contributed by atoms with Gasteiger partial charge in [0.1, 0.15) is 0 Å². The topological polar surface area (TPSA) is 71.2 Å². The van der Waals surface area contributed by atoms with Crippen molar-refractivity contribution >= 4 is 47.3 Å². The molecule has 1 fully saturated rings. The third-order valence-corrected chi connectivity index (χ3v) is 4.55. The van der Waals surface area contributed by atoms with Crippen LogP contribution in [0.2, 0.25) is 10.0 Å². The Balaban J connectivity index is 1.80. The monoisotopic (exact) mass is 364 g/mol. The van der Waals surface area contributed by atoms with Crippen LogP contribution in [0.25, 0.3) is 12.2 Å². The molecule has 0 unspecified atom stereocenters. The third-order valence-electron chi connectivity index (χ3n) is 3.81. The Morgan fingerprint density at radius 3 is 2.46 bits per heavy atom. The van der Waals surface area contributed by atoms with Gasteiger partial charge in [-0.15, -0.1) is 0 Å². The molecule has 0 atom stereocenters. The second kappa shape index (κ2) is 7.34. The summed E-state index contributed by atoms with van der Waals surface area (Å²) in [6, 6.07) is 5.41. The van der Waals surface area contributed by atoms with E-state index >= 15 is 0 Å². The number of anilines is 2. The maximum absolute atomic E-state index is 6.02. The highest BCUT2D eigenvalue weighted by atomic mass is 35.5. The molecule has 0 amide bonds. The zero-order chi connectivity index (χ0) is 17.1. The lowest BCUT2D eigenvalue weighted by Crippen LogP contribution is -2.45. The first-order chi connectivity index (χ1) is 11.5. The van der Waals surface area contributed by atoms with E-state index in [9.17, 15) is 0 Å². The molecule has 1 saturated heterocycles. The maximum Gasteiger partial charge on any atom is 0.230 e. The molecule has 6 nitrogen and oxygen atoms in total. The summed E-state index contributed by atoms with van der Waals surface area (Å²) in [4.78, 5) is 17.3. The van der Waals surface area contributed by atoms with Crippen molar-refractivity contribution < 1.29 is 0 Å². The number of hydrogen-bond acceptors (Lipinski definition) is 6. The van der Waals surface area contributed by atoms with Crippen LogP contribution in [-0.4, -0.2) is 53.1 Å². The molecule has 2 N–H and O–H groups in total. The number of nitrogens with zero attached hydrogens (tertiary/aromatic N) is 5.